The molecule has 2 aromatic rings. The lowest BCUT2D eigenvalue weighted by Crippen LogP contribution is -2.09. The van der Waals surface area contributed by atoms with Gasteiger partial charge in [0.2, 0.25) is 5.78 Å². The summed E-state index contributed by atoms with van der Waals surface area (Å²) in [5.41, 5.74) is 0.786. The van der Waals surface area contributed by atoms with Crippen molar-refractivity contribution in [2.45, 2.75) is 0 Å². The van der Waals surface area contributed by atoms with Crippen LogP contribution in [0.5, 0.6) is 0 Å². The molecule has 6 heteroatoms. The van der Waals surface area contributed by atoms with Crippen LogP contribution in [0.2, 0.25) is 5.15 Å². The number of nitriles is 1. The Balaban J connectivity index is 2.48. The number of rotatable bonds is 2. The normalized spacial score (nSPS) is 9.94. The third-order valence-electron chi connectivity index (χ3n) is 2.23. The third kappa shape index (κ3) is 2.03. The Morgan fingerprint density at radius 2 is 2.35 bits per heavy atom. The van der Waals surface area contributed by atoms with E-state index in [-0.39, 0.29) is 16.6 Å². The van der Waals surface area contributed by atoms with E-state index in [1.165, 1.54) is 16.9 Å². The smallest absolute Gasteiger partial charge is 0.214 e. The Morgan fingerprint density at radius 1 is 1.59 bits per heavy atom. The van der Waals surface area contributed by atoms with Crippen molar-refractivity contribution in [2.24, 2.45) is 7.05 Å². The maximum absolute atomic E-state index is 12.1. The highest BCUT2D eigenvalue weighted by Gasteiger charge is 2.18. The maximum atomic E-state index is 12.1. The molecule has 2 aromatic heterocycles. The summed E-state index contributed by atoms with van der Waals surface area (Å²) in [4.78, 5) is 16.0. The average molecular weight is 247 g/mol. The van der Waals surface area contributed by atoms with Gasteiger partial charge in [0.15, 0.2) is 5.69 Å². The molecule has 0 N–H and O–H groups in total. The molecule has 0 unspecified atom stereocenters. The van der Waals surface area contributed by atoms with Gasteiger partial charge in [-0.15, -0.1) is 0 Å². The summed E-state index contributed by atoms with van der Waals surface area (Å²) in [5, 5.41) is 12.7. The Hall–Kier alpha value is -2.19. The van der Waals surface area contributed by atoms with E-state index in [1.807, 2.05) is 6.07 Å². The van der Waals surface area contributed by atoms with Crippen molar-refractivity contribution >= 4 is 17.4 Å². The lowest BCUT2D eigenvalue weighted by molar-refractivity contribution is 0.103. The first kappa shape index (κ1) is 11.3. The summed E-state index contributed by atoms with van der Waals surface area (Å²) in [6.45, 7) is 0. The van der Waals surface area contributed by atoms with Gasteiger partial charge in [0, 0.05) is 19.3 Å². The van der Waals surface area contributed by atoms with Gasteiger partial charge in [0.05, 0.1) is 5.56 Å². The molecule has 0 saturated heterocycles. The molecule has 0 aliphatic rings. The zero-order chi connectivity index (χ0) is 12.4. The number of carbonyl (C=O) groups excluding carboxylic acids is 1. The first-order valence-corrected chi connectivity index (χ1v) is 5.10. The van der Waals surface area contributed by atoms with Crippen LogP contribution >= 0.6 is 11.6 Å². The van der Waals surface area contributed by atoms with Crippen LogP contribution in [0, 0.1) is 11.3 Å². The van der Waals surface area contributed by atoms with Crippen molar-refractivity contribution in [3.05, 3.63) is 46.5 Å². The van der Waals surface area contributed by atoms with E-state index in [0.717, 1.165) is 0 Å². The van der Waals surface area contributed by atoms with Crippen LogP contribution in [0.4, 0.5) is 0 Å². The Morgan fingerprint density at radius 3 is 2.94 bits per heavy atom. The van der Waals surface area contributed by atoms with Gasteiger partial charge in [-0.05, 0) is 12.1 Å². The summed E-state index contributed by atoms with van der Waals surface area (Å²) in [6.07, 6.45) is 1.50. The molecular formula is C11H7ClN4O. The molecule has 2 heterocycles. The van der Waals surface area contributed by atoms with Crippen molar-refractivity contribution in [3.8, 4) is 6.07 Å². The van der Waals surface area contributed by atoms with Crippen LogP contribution in [-0.2, 0) is 7.05 Å². The molecule has 0 aliphatic heterocycles. The van der Waals surface area contributed by atoms with Crippen molar-refractivity contribution in [1.82, 2.24) is 14.8 Å². The first-order chi connectivity index (χ1) is 8.13. The maximum Gasteiger partial charge on any atom is 0.214 e. The molecular weight excluding hydrogens is 240 g/mol. The van der Waals surface area contributed by atoms with E-state index in [9.17, 15) is 4.79 Å². The zero-order valence-electron chi connectivity index (χ0n) is 8.88. The van der Waals surface area contributed by atoms with E-state index < -0.39 is 0 Å². The molecule has 0 aliphatic carbocycles. The Labute approximate surface area is 102 Å². The monoisotopic (exact) mass is 246 g/mol. The number of aryl methyl sites for hydroxylation is 1. The lowest BCUT2D eigenvalue weighted by Gasteiger charge is -2.02. The summed E-state index contributed by atoms with van der Waals surface area (Å²) in [7, 11) is 1.60. The molecule has 0 fully saturated rings. The van der Waals surface area contributed by atoms with Gasteiger partial charge in [0.25, 0.3) is 0 Å². The van der Waals surface area contributed by atoms with E-state index in [1.54, 1.807) is 19.2 Å². The molecule has 0 atom stereocenters. The zero-order valence-corrected chi connectivity index (χ0v) is 9.64. The minimum absolute atomic E-state index is 0.136. The second-order valence-corrected chi connectivity index (χ2v) is 3.68. The molecule has 0 bridgehead atoms. The summed E-state index contributed by atoms with van der Waals surface area (Å²) >= 11 is 5.84. The van der Waals surface area contributed by atoms with Crippen LogP contribution in [0.15, 0.2) is 24.4 Å². The van der Waals surface area contributed by atoms with Gasteiger partial charge in [-0.3, -0.25) is 9.48 Å². The topological polar surface area (TPSA) is 71.6 Å². The van der Waals surface area contributed by atoms with Crippen molar-refractivity contribution < 1.29 is 4.79 Å². The highest BCUT2D eigenvalue weighted by atomic mass is 35.5. The average Bonchev–Trinajstić information content (AvgIpc) is 2.70. The summed E-state index contributed by atoms with van der Waals surface area (Å²) in [6, 6.07) is 6.50. The number of halogens is 1. The number of nitrogens with zero attached hydrogens (tertiary/aromatic N) is 4. The van der Waals surface area contributed by atoms with E-state index in [4.69, 9.17) is 16.9 Å². The molecule has 0 spiro atoms. The van der Waals surface area contributed by atoms with Crippen molar-refractivity contribution in [3.63, 3.8) is 0 Å². The van der Waals surface area contributed by atoms with Gasteiger partial charge < -0.3 is 0 Å². The van der Waals surface area contributed by atoms with Crippen LogP contribution in [0.25, 0.3) is 0 Å². The van der Waals surface area contributed by atoms with Gasteiger partial charge in [-0.2, -0.15) is 10.4 Å². The van der Waals surface area contributed by atoms with Crippen LogP contribution < -0.4 is 0 Å². The number of ketones is 1. The fraction of sp³-hybridized carbons (Fsp3) is 0.0909. The Kier molecular flexibility index (Phi) is 2.90. The molecule has 84 valence electrons. The largest absolute Gasteiger partial charge is 0.287 e. The highest BCUT2D eigenvalue weighted by Crippen LogP contribution is 2.16. The number of hydrogen-bond acceptors (Lipinski definition) is 4. The SMILES string of the molecule is Cn1nc(C#N)cc1C(=O)c1cccnc1Cl. The quantitative estimate of drug-likeness (QED) is 0.596. The summed E-state index contributed by atoms with van der Waals surface area (Å²) < 4.78 is 1.35. The molecule has 5 nitrogen and oxygen atoms in total. The van der Waals surface area contributed by atoms with Crippen molar-refractivity contribution in [1.29, 1.82) is 5.26 Å². The van der Waals surface area contributed by atoms with Crippen molar-refractivity contribution in [2.75, 3.05) is 0 Å². The van der Waals surface area contributed by atoms with Crippen LogP contribution in [0.3, 0.4) is 0 Å². The molecule has 0 amide bonds. The molecule has 17 heavy (non-hydrogen) atoms. The lowest BCUT2D eigenvalue weighted by atomic mass is 10.1. The standard InChI is InChI=1S/C11H7ClN4O/c1-16-9(5-7(6-13)15-16)10(17)8-3-2-4-14-11(8)12/h2-5H,1H3. The summed E-state index contributed by atoms with van der Waals surface area (Å²) in [5.74, 6) is -0.306. The number of hydrogen-bond donors (Lipinski definition) is 0. The first-order valence-electron chi connectivity index (χ1n) is 4.73. The predicted octanol–water partition coefficient (Wildman–Crippen LogP) is 1.57. The van der Waals surface area contributed by atoms with Crippen LogP contribution in [0.1, 0.15) is 21.7 Å². The second kappa shape index (κ2) is 4.36. The van der Waals surface area contributed by atoms with Crippen LogP contribution in [-0.4, -0.2) is 20.5 Å². The van der Waals surface area contributed by atoms with Gasteiger partial charge in [-0.25, -0.2) is 4.98 Å². The Bertz CT molecular complexity index is 627. The molecule has 0 radical (unpaired) electrons. The second-order valence-electron chi connectivity index (χ2n) is 3.32. The number of carbonyl (C=O) groups is 1. The molecule has 2 rings (SSSR count). The number of pyridine rings is 1. The third-order valence-corrected chi connectivity index (χ3v) is 2.53. The van der Waals surface area contributed by atoms with Gasteiger partial charge >= 0.3 is 0 Å². The van der Waals surface area contributed by atoms with Gasteiger partial charge in [0.1, 0.15) is 16.9 Å². The fourth-order valence-electron chi connectivity index (χ4n) is 1.43. The minimum atomic E-state index is -0.306. The predicted molar refractivity (Wildman–Crippen MR) is 60.6 cm³/mol. The minimum Gasteiger partial charge on any atom is -0.287 e. The van der Waals surface area contributed by atoms with E-state index in [0.29, 0.717) is 11.3 Å². The van der Waals surface area contributed by atoms with Gasteiger partial charge in [-0.1, -0.05) is 11.6 Å². The highest BCUT2D eigenvalue weighted by molar-refractivity contribution is 6.33. The van der Waals surface area contributed by atoms with E-state index >= 15 is 0 Å². The molecule has 0 saturated carbocycles. The number of aromatic nitrogens is 3. The fourth-order valence-corrected chi connectivity index (χ4v) is 1.63. The van der Waals surface area contributed by atoms with E-state index in [2.05, 4.69) is 10.1 Å². The molecule has 0 aromatic carbocycles.